The number of ether oxygens (including phenoxy) is 2. The van der Waals surface area contributed by atoms with E-state index in [1.165, 1.54) is 6.20 Å². The van der Waals surface area contributed by atoms with Gasteiger partial charge in [-0.25, -0.2) is 14.6 Å². The fourth-order valence-corrected chi connectivity index (χ4v) is 3.61. The van der Waals surface area contributed by atoms with Crippen LogP contribution in [-0.4, -0.2) is 60.4 Å². The Morgan fingerprint density at radius 1 is 1.16 bits per heavy atom. The van der Waals surface area contributed by atoms with Crippen molar-refractivity contribution in [1.29, 1.82) is 0 Å². The summed E-state index contributed by atoms with van der Waals surface area (Å²) in [6.45, 7) is 9.85. The lowest BCUT2D eigenvalue weighted by Gasteiger charge is -2.37. The van der Waals surface area contributed by atoms with Crippen molar-refractivity contribution in [1.82, 2.24) is 15.3 Å². The van der Waals surface area contributed by atoms with Gasteiger partial charge in [0.25, 0.3) is 0 Å². The number of carbonyl (C=O) groups is 2. The zero-order chi connectivity index (χ0) is 22.4. The molecule has 0 spiro atoms. The molecule has 166 valence electrons. The van der Waals surface area contributed by atoms with Crippen molar-refractivity contribution in [3.63, 3.8) is 0 Å². The van der Waals surface area contributed by atoms with Gasteiger partial charge in [0.05, 0.1) is 30.1 Å². The minimum atomic E-state index is -0.422. The van der Waals surface area contributed by atoms with Crippen LogP contribution in [0.4, 0.5) is 16.3 Å². The van der Waals surface area contributed by atoms with Crippen LogP contribution in [0.15, 0.2) is 30.7 Å². The van der Waals surface area contributed by atoms with Crippen LogP contribution < -0.4 is 15.5 Å². The van der Waals surface area contributed by atoms with Crippen molar-refractivity contribution in [3.05, 3.63) is 36.3 Å². The third kappa shape index (κ3) is 5.69. The summed E-state index contributed by atoms with van der Waals surface area (Å²) in [5.74, 6) is 0.0144. The van der Waals surface area contributed by atoms with Crippen molar-refractivity contribution < 1.29 is 19.1 Å². The number of rotatable bonds is 6. The normalized spacial score (nSPS) is 18.4. The molecular formula is C22H29N5O4. The van der Waals surface area contributed by atoms with Crippen LogP contribution in [0, 0.1) is 0 Å². The molecule has 2 atom stereocenters. The minimum absolute atomic E-state index is 0.0496. The Bertz CT molecular complexity index is 926. The van der Waals surface area contributed by atoms with Crippen molar-refractivity contribution in [2.45, 2.75) is 39.9 Å². The summed E-state index contributed by atoms with van der Waals surface area (Å²) in [6.07, 6.45) is 4.96. The number of amides is 2. The van der Waals surface area contributed by atoms with Gasteiger partial charge in [0.1, 0.15) is 5.82 Å². The van der Waals surface area contributed by atoms with E-state index in [-0.39, 0.29) is 18.2 Å². The van der Waals surface area contributed by atoms with Gasteiger partial charge in [0.2, 0.25) is 0 Å². The molecule has 0 aliphatic carbocycles. The molecule has 2 unspecified atom stereocenters. The standard InChI is InChI=1S/C22H29N5O4/c1-5-24-22(29)26-20-8-19(27-12-14(3)31-15(4)13-27)18(11-25-20)16-7-17(10-23-9-16)21(28)30-6-2/h7-11,14-15H,5-6,12-13H2,1-4H3,(H2,24,25,26,29). The Balaban J connectivity index is 2.01. The van der Waals surface area contributed by atoms with E-state index in [1.807, 2.05) is 26.8 Å². The SMILES string of the molecule is CCNC(=O)Nc1cc(N2CC(C)OC(C)C2)c(-c2cncc(C(=O)OCC)c2)cn1. The van der Waals surface area contributed by atoms with Crippen LogP contribution in [-0.2, 0) is 9.47 Å². The Labute approximate surface area is 182 Å². The molecule has 1 aliphatic heterocycles. The summed E-state index contributed by atoms with van der Waals surface area (Å²) in [5.41, 5.74) is 2.80. The number of esters is 1. The Hall–Kier alpha value is -3.20. The van der Waals surface area contributed by atoms with E-state index in [1.54, 1.807) is 25.4 Å². The molecule has 2 N–H and O–H groups in total. The van der Waals surface area contributed by atoms with Gasteiger partial charge >= 0.3 is 12.0 Å². The molecule has 2 aromatic rings. The predicted octanol–water partition coefficient (Wildman–Crippen LogP) is 3.08. The quantitative estimate of drug-likeness (QED) is 0.683. The monoisotopic (exact) mass is 427 g/mol. The molecule has 2 amide bonds. The van der Waals surface area contributed by atoms with Crippen LogP contribution in [0.3, 0.4) is 0 Å². The number of nitrogens with one attached hydrogen (secondary N) is 2. The van der Waals surface area contributed by atoms with Gasteiger partial charge in [-0.3, -0.25) is 10.3 Å². The molecule has 3 rings (SSSR count). The zero-order valence-electron chi connectivity index (χ0n) is 18.3. The fraction of sp³-hybridized carbons (Fsp3) is 0.455. The van der Waals surface area contributed by atoms with E-state index in [4.69, 9.17) is 9.47 Å². The molecule has 3 heterocycles. The lowest BCUT2D eigenvalue weighted by molar-refractivity contribution is -0.00519. The highest BCUT2D eigenvalue weighted by Crippen LogP contribution is 2.34. The average Bonchev–Trinajstić information content (AvgIpc) is 2.73. The number of hydrogen-bond acceptors (Lipinski definition) is 7. The van der Waals surface area contributed by atoms with Gasteiger partial charge < -0.3 is 19.7 Å². The number of nitrogens with zero attached hydrogens (tertiary/aromatic N) is 3. The molecule has 0 saturated carbocycles. The van der Waals surface area contributed by atoms with Gasteiger partial charge in [-0.2, -0.15) is 0 Å². The maximum Gasteiger partial charge on any atom is 0.339 e. The van der Waals surface area contributed by atoms with E-state index in [2.05, 4.69) is 25.5 Å². The Kier molecular flexibility index (Phi) is 7.41. The molecular weight excluding hydrogens is 398 g/mol. The molecule has 31 heavy (non-hydrogen) atoms. The minimum Gasteiger partial charge on any atom is -0.462 e. The zero-order valence-corrected chi connectivity index (χ0v) is 18.3. The maximum atomic E-state index is 12.2. The first kappa shape index (κ1) is 22.5. The van der Waals surface area contributed by atoms with Crippen LogP contribution in [0.25, 0.3) is 11.1 Å². The van der Waals surface area contributed by atoms with Crippen molar-refractivity contribution in [2.24, 2.45) is 0 Å². The number of anilines is 2. The molecule has 2 aromatic heterocycles. The van der Waals surface area contributed by atoms with Gasteiger partial charge in [-0.1, -0.05) is 0 Å². The Morgan fingerprint density at radius 3 is 2.58 bits per heavy atom. The van der Waals surface area contributed by atoms with Crippen LogP contribution in [0.1, 0.15) is 38.1 Å². The van der Waals surface area contributed by atoms with Crippen molar-refractivity contribution >= 4 is 23.5 Å². The summed E-state index contributed by atoms with van der Waals surface area (Å²) >= 11 is 0. The van der Waals surface area contributed by atoms with E-state index >= 15 is 0 Å². The number of pyridine rings is 2. The largest absolute Gasteiger partial charge is 0.462 e. The number of aromatic nitrogens is 2. The molecule has 1 saturated heterocycles. The third-order valence-electron chi connectivity index (χ3n) is 4.78. The summed E-state index contributed by atoms with van der Waals surface area (Å²) in [7, 11) is 0. The number of hydrogen-bond donors (Lipinski definition) is 2. The lowest BCUT2D eigenvalue weighted by Crippen LogP contribution is -2.45. The van der Waals surface area contributed by atoms with Crippen LogP contribution in [0.2, 0.25) is 0 Å². The van der Waals surface area contributed by atoms with Crippen molar-refractivity contribution in [2.75, 3.05) is 36.5 Å². The lowest BCUT2D eigenvalue weighted by atomic mass is 10.0. The van der Waals surface area contributed by atoms with E-state index in [0.717, 1.165) is 16.8 Å². The molecule has 1 fully saturated rings. The Morgan fingerprint density at radius 2 is 1.90 bits per heavy atom. The van der Waals surface area contributed by atoms with Gasteiger partial charge in [0.15, 0.2) is 0 Å². The van der Waals surface area contributed by atoms with E-state index in [9.17, 15) is 9.59 Å². The summed E-state index contributed by atoms with van der Waals surface area (Å²) in [6, 6.07) is 3.27. The molecule has 0 aromatic carbocycles. The first-order chi connectivity index (χ1) is 14.9. The van der Waals surface area contributed by atoms with Gasteiger partial charge in [0, 0.05) is 55.4 Å². The smallest absolute Gasteiger partial charge is 0.339 e. The predicted molar refractivity (Wildman–Crippen MR) is 118 cm³/mol. The molecule has 9 heteroatoms. The van der Waals surface area contributed by atoms with E-state index < -0.39 is 5.97 Å². The second-order valence-electron chi connectivity index (χ2n) is 7.42. The fourth-order valence-electron chi connectivity index (χ4n) is 3.61. The number of morpholine rings is 1. The highest BCUT2D eigenvalue weighted by Gasteiger charge is 2.25. The summed E-state index contributed by atoms with van der Waals surface area (Å²) < 4.78 is 11.0. The van der Waals surface area contributed by atoms with Crippen LogP contribution in [0.5, 0.6) is 0 Å². The molecule has 9 nitrogen and oxygen atoms in total. The summed E-state index contributed by atoms with van der Waals surface area (Å²) in [4.78, 5) is 35.0. The van der Waals surface area contributed by atoms with Gasteiger partial charge in [-0.05, 0) is 33.8 Å². The third-order valence-corrected chi connectivity index (χ3v) is 4.78. The van der Waals surface area contributed by atoms with E-state index in [0.29, 0.717) is 37.6 Å². The topological polar surface area (TPSA) is 106 Å². The van der Waals surface area contributed by atoms with Gasteiger partial charge in [-0.15, -0.1) is 0 Å². The average molecular weight is 428 g/mol. The van der Waals surface area contributed by atoms with Crippen molar-refractivity contribution in [3.8, 4) is 11.1 Å². The highest BCUT2D eigenvalue weighted by molar-refractivity contribution is 5.92. The number of urea groups is 1. The number of carbonyl (C=O) groups excluding carboxylic acids is 2. The first-order valence-electron chi connectivity index (χ1n) is 10.5. The maximum absolute atomic E-state index is 12.2. The van der Waals surface area contributed by atoms with Crippen LogP contribution >= 0.6 is 0 Å². The second kappa shape index (κ2) is 10.2. The highest BCUT2D eigenvalue weighted by atomic mass is 16.5. The first-order valence-corrected chi connectivity index (χ1v) is 10.5. The second-order valence-corrected chi connectivity index (χ2v) is 7.42. The molecule has 1 aliphatic rings. The molecule has 0 radical (unpaired) electrons. The summed E-state index contributed by atoms with van der Waals surface area (Å²) in [5, 5.41) is 5.46. The molecule has 0 bridgehead atoms.